The first-order chi connectivity index (χ1) is 16.5. The number of allylic oxidation sites excluding steroid dienone is 4. The zero-order valence-electron chi connectivity index (χ0n) is 22.9. The molecular formula is C30H44N2O3. The third-order valence-corrected chi connectivity index (χ3v) is 6.63. The van der Waals surface area contributed by atoms with Crippen molar-refractivity contribution in [1.29, 1.82) is 0 Å². The van der Waals surface area contributed by atoms with Gasteiger partial charge >= 0.3 is 5.97 Å². The summed E-state index contributed by atoms with van der Waals surface area (Å²) in [6.07, 6.45) is 8.23. The van der Waals surface area contributed by atoms with Crippen LogP contribution in [0.15, 0.2) is 46.5 Å². The van der Waals surface area contributed by atoms with Crippen LogP contribution in [0.1, 0.15) is 85.3 Å². The van der Waals surface area contributed by atoms with Crippen LogP contribution >= 0.6 is 0 Å². The van der Waals surface area contributed by atoms with E-state index in [1.165, 1.54) is 0 Å². The monoisotopic (exact) mass is 480 g/mol. The largest absolute Gasteiger partial charge is 0.461 e. The van der Waals surface area contributed by atoms with Gasteiger partial charge in [0.2, 0.25) is 0 Å². The number of rotatable bonds is 11. The number of hydrogen-bond donors (Lipinski definition) is 1. The highest BCUT2D eigenvalue weighted by Crippen LogP contribution is 2.25. The van der Waals surface area contributed by atoms with E-state index in [2.05, 4.69) is 44.3 Å². The van der Waals surface area contributed by atoms with E-state index in [-0.39, 0.29) is 35.7 Å². The number of aliphatic imine (C=N–C) groups is 1. The van der Waals surface area contributed by atoms with Gasteiger partial charge in [-0.05, 0) is 99.6 Å². The van der Waals surface area contributed by atoms with Gasteiger partial charge in [-0.15, -0.1) is 0 Å². The molecule has 0 aromatic heterocycles. The van der Waals surface area contributed by atoms with E-state index < -0.39 is 0 Å². The van der Waals surface area contributed by atoms with Crippen LogP contribution in [0, 0.1) is 18.8 Å². The first kappa shape index (κ1) is 28.7. The minimum Gasteiger partial charge on any atom is -0.461 e. The predicted octanol–water partition coefficient (Wildman–Crippen LogP) is 6.81. The number of carbonyl (C=O) groups excluding carboxylic acids is 2. The summed E-state index contributed by atoms with van der Waals surface area (Å²) < 4.78 is 5.77. The Bertz CT molecular complexity index is 979. The molecule has 35 heavy (non-hydrogen) atoms. The highest BCUT2D eigenvalue weighted by molar-refractivity contribution is 6.07. The van der Waals surface area contributed by atoms with Crippen molar-refractivity contribution in [2.45, 2.75) is 99.8 Å². The molecule has 0 bridgehead atoms. The summed E-state index contributed by atoms with van der Waals surface area (Å²) in [7, 11) is 0. The Balaban J connectivity index is 2.25. The predicted molar refractivity (Wildman–Crippen MR) is 145 cm³/mol. The van der Waals surface area contributed by atoms with Gasteiger partial charge in [-0.3, -0.25) is 14.6 Å². The number of carbonyl (C=O) groups is 2. The topological polar surface area (TPSA) is 67.8 Å². The highest BCUT2D eigenvalue weighted by Gasteiger charge is 2.27. The van der Waals surface area contributed by atoms with Crippen molar-refractivity contribution in [3.63, 3.8) is 0 Å². The van der Waals surface area contributed by atoms with Gasteiger partial charge in [-0.25, -0.2) is 0 Å². The molecule has 1 aliphatic rings. The van der Waals surface area contributed by atoms with Gasteiger partial charge in [-0.2, -0.15) is 0 Å². The van der Waals surface area contributed by atoms with Crippen molar-refractivity contribution >= 4 is 23.2 Å². The van der Waals surface area contributed by atoms with Crippen LogP contribution in [0.25, 0.3) is 0 Å². The minimum absolute atomic E-state index is 0.0582. The lowest BCUT2D eigenvalue weighted by Gasteiger charge is -2.23. The second-order valence-electron chi connectivity index (χ2n) is 10.3. The summed E-state index contributed by atoms with van der Waals surface area (Å²) in [6.45, 7) is 16.3. The smallest absolute Gasteiger partial charge is 0.323 e. The summed E-state index contributed by atoms with van der Waals surface area (Å²) in [6, 6.07) is 5.89. The van der Waals surface area contributed by atoms with E-state index >= 15 is 0 Å². The lowest BCUT2D eigenvalue weighted by molar-refractivity contribution is -0.152. The lowest BCUT2D eigenvalue weighted by Crippen LogP contribution is -2.42. The Kier molecular flexibility index (Phi) is 11.1. The summed E-state index contributed by atoms with van der Waals surface area (Å²) in [5.41, 5.74) is 5.66. The van der Waals surface area contributed by atoms with E-state index in [4.69, 9.17) is 9.73 Å². The Hall–Kier alpha value is -2.53. The Morgan fingerprint density at radius 3 is 2.34 bits per heavy atom. The van der Waals surface area contributed by atoms with Gasteiger partial charge in [-0.1, -0.05) is 45.9 Å². The van der Waals surface area contributed by atoms with Crippen LogP contribution in [0.3, 0.4) is 0 Å². The standard InChI is InChI=1S/C30H44N2O3/c1-9-25(16-22(7)23(8)33)28(19(2)3)32-27-17-24(15-14-21(27)6)18-31-29(20(4)5)30(34)35-26-12-10-11-13-26/h9,14-17,19-20,26,29,31H,10-13,18H2,1-8H3/b22-16-,25-9+,32-28?. The van der Waals surface area contributed by atoms with Crippen LogP contribution < -0.4 is 5.32 Å². The van der Waals surface area contributed by atoms with Gasteiger partial charge in [0.15, 0.2) is 5.78 Å². The minimum atomic E-state index is -0.343. The van der Waals surface area contributed by atoms with Crippen molar-refractivity contribution in [3.8, 4) is 0 Å². The number of ether oxygens (including phenoxy) is 1. The molecule has 0 radical (unpaired) electrons. The zero-order chi connectivity index (χ0) is 26.1. The van der Waals surface area contributed by atoms with Gasteiger partial charge in [0.25, 0.3) is 0 Å². The van der Waals surface area contributed by atoms with E-state index in [0.29, 0.717) is 12.1 Å². The Morgan fingerprint density at radius 1 is 1.14 bits per heavy atom. The van der Waals surface area contributed by atoms with E-state index in [1.54, 1.807) is 6.92 Å². The number of hydrogen-bond acceptors (Lipinski definition) is 5. The quantitative estimate of drug-likeness (QED) is 0.164. The van der Waals surface area contributed by atoms with E-state index in [9.17, 15) is 9.59 Å². The van der Waals surface area contributed by atoms with Crippen molar-refractivity contribution in [1.82, 2.24) is 5.32 Å². The van der Waals surface area contributed by atoms with Crippen LogP contribution in [-0.2, 0) is 20.9 Å². The average Bonchev–Trinajstić information content (AvgIpc) is 3.30. The molecule has 1 aliphatic carbocycles. The third kappa shape index (κ3) is 8.57. The van der Waals surface area contributed by atoms with Crippen molar-refractivity contribution in [2.24, 2.45) is 16.8 Å². The molecule has 192 valence electrons. The van der Waals surface area contributed by atoms with Crippen LogP contribution in [0.5, 0.6) is 0 Å². The maximum absolute atomic E-state index is 12.8. The number of nitrogens with zero attached hydrogens (tertiary/aromatic N) is 1. The normalized spacial score (nSPS) is 16.8. The maximum atomic E-state index is 12.8. The lowest BCUT2D eigenvalue weighted by atomic mass is 9.96. The van der Waals surface area contributed by atoms with E-state index in [0.717, 1.165) is 53.8 Å². The first-order valence-electron chi connectivity index (χ1n) is 13.0. The van der Waals surface area contributed by atoms with Crippen molar-refractivity contribution in [3.05, 3.63) is 52.6 Å². The molecule has 1 unspecified atom stereocenters. The number of nitrogens with one attached hydrogen (secondary N) is 1. The number of aryl methyl sites for hydroxylation is 1. The SMILES string of the molecule is C/C=C(\C=C(\C)C(C)=O)C(=Nc1cc(CNC(C(=O)OC2CCCC2)C(C)C)ccc1C)C(C)C. The fourth-order valence-electron chi connectivity index (χ4n) is 4.24. The Morgan fingerprint density at radius 2 is 1.80 bits per heavy atom. The molecule has 0 amide bonds. The first-order valence-corrected chi connectivity index (χ1v) is 13.0. The number of ketones is 1. The molecule has 0 saturated heterocycles. The molecule has 1 aromatic rings. The molecule has 1 saturated carbocycles. The molecule has 1 atom stereocenters. The highest BCUT2D eigenvalue weighted by atomic mass is 16.5. The fourth-order valence-corrected chi connectivity index (χ4v) is 4.24. The molecule has 5 heteroatoms. The van der Waals surface area contributed by atoms with Crippen LogP contribution in [0.2, 0.25) is 0 Å². The average molecular weight is 481 g/mol. The zero-order valence-corrected chi connectivity index (χ0v) is 22.9. The van der Waals surface area contributed by atoms with Crippen LogP contribution in [0.4, 0.5) is 5.69 Å². The molecular weight excluding hydrogens is 436 g/mol. The molecule has 1 fully saturated rings. The third-order valence-electron chi connectivity index (χ3n) is 6.63. The number of esters is 1. The molecule has 0 heterocycles. The molecule has 1 aromatic carbocycles. The maximum Gasteiger partial charge on any atom is 0.323 e. The van der Waals surface area contributed by atoms with Crippen LogP contribution in [-0.4, -0.2) is 29.6 Å². The second-order valence-corrected chi connectivity index (χ2v) is 10.3. The molecule has 0 spiro atoms. The van der Waals surface area contributed by atoms with Gasteiger partial charge in [0, 0.05) is 6.54 Å². The summed E-state index contributed by atoms with van der Waals surface area (Å²) in [5.74, 6) is 0.231. The van der Waals surface area contributed by atoms with Gasteiger partial charge in [0.05, 0.1) is 11.4 Å². The van der Waals surface area contributed by atoms with Gasteiger partial charge in [0.1, 0.15) is 12.1 Å². The van der Waals surface area contributed by atoms with Crippen molar-refractivity contribution in [2.75, 3.05) is 0 Å². The van der Waals surface area contributed by atoms with Crippen molar-refractivity contribution < 1.29 is 14.3 Å². The summed E-state index contributed by atoms with van der Waals surface area (Å²) >= 11 is 0. The number of Topliss-reactive ketones (excluding diaryl/α,β-unsaturated/α-hetero) is 1. The molecule has 2 rings (SSSR count). The fraction of sp³-hybridized carbons (Fsp3) is 0.567. The van der Waals surface area contributed by atoms with Gasteiger partial charge < -0.3 is 10.1 Å². The summed E-state index contributed by atoms with van der Waals surface area (Å²) in [4.78, 5) is 29.6. The summed E-state index contributed by atoms with van der Waals surface area (Å²) in [5, 5.41) is 3.42. The Labute approximate surface area is 212 Å². The molecule has 1 N–H and O–H groups in total. The second kappa shape index (κ2) is 13.5. The van der Waals surface area contributed by atoms with E-state index in [1.807, 2.05) is 39.8 Å². The molecule has 5 nitrogen and oxygen atoms in total. The number of benzene rings is 1. The molecule has 0 aliphatic heterocycles.